The molecule has 1 aromatic heterocycles. The normalized spacial score (nSPS) is 10.2. The molecule has 17 heavy (non-hydrogen) atoms. The summed E-state index contributed by atoms with van der Waals surface area (Å²) in [5.41, 5.74) is 0. The third-order valence-electron chi connectivity index (χ3n) is 1.75. The van der Waals surface area contributed by atoms with Gasteiger partial charge in [-0.25, -0.2) is 0 Å². The highest BCUT2D eigenvalue weighted by Crippen LogP contribution is 2.23. The molecule has 1 heterocycles. The Morgan fingerprint density at radius 1 is 1.53 bits per heavy atom. The Bertz CT molecular complexity index is 396. The highest BCUT2D eigenvalue weighted by atomic mass is 79.9. The van der Waals surface area contributed by atoms with Gasteiger partial charge in [0.25, 0.3) is 5.91 Å². The van der Waals surface area contributed by atoms with Crippen LogP contribution >= 0.6 is 27.3 Å². The van der Waals surface area contributed by atoms with E-state index in [0.29, 0.717) is 24.6 Å². The van der Waals surface area contributed by atoms with Gasteiger partial charge in [0.1, 0.15) is 0 Å². The Morgan fingerprint density at radius 3 is 2.88 bits per heavy atom. The number of alkyl halides is 1. The number of thiophene rings is 1. The van der Waals surface area contributed by atoms with E-state index in [1.54, 1.807) is 0 Å². The number of halogens is 1. The predicted molar refractivity (Wildman–Crippen MR) is 67.9 cm³/mol. The van der Waals surface area contributed by atoms with E-state index in [0.717, 1.165) is 16.7 Å². The molecule has 0 atom stereocenters. The summed E-state index contributed by atoms with van der Waals surface area (Å²) in [4.78, 5) is 21.8. The van der Waals surface area contributed by atoms with E-state index in [2.05, 4.69) is 21.2 Å². The molecule has 1 amide bonds. The Balaban J connectivity index is 2.34. The fraction of sp³-hybridized carbons (Fsp3) is 0.444. The molecule has 0 aliphatic rings. The summed E-state index contributed by atoms with van der Waals surface area (Å²) in [7, 11) is 0. The van der Waals surface area contributed by atoms with E-state index in [4.69, 9.17) is 4.74 Å². The number of hydrogen-bond donors (Lipinski definition) is 1. The average molecular weight is 323 g/mol. The van der Waals surface area contributed by atoms with Crippen LogP contribution in [0.3, 0.4) is 0 Å². The van der Waals surface area contributed by atoms with E-state index in [9.17, 15) is 14.9 Å². The third-order valence-corrected chi connectivity index (χ3v) is 3.11. The van der Waals surface area contributed by atoms with Gasteiger partial charge in [0.15, 0.2) is 0 Å². The molecule has 1 rings (SSSR count). The lowest BCUT2D eigenvalue weighted by molar-refractivity contribution is -0.380. The van der Waals surface area contributed by atoms with Crippen molar-refractivity contribution >= 4 is 38.2 Å². The van der Waals surface area contributed by atoms with E-state index >= 15 is 0 Å². The monoisotopic (exact) mass is 322 g/mol. The van der Waals surface area contributed by atoms with Gasteiger partial charge in [-0.3, -0.25) is 14.9 Å². The molecule has 0 saturated carbocycles. The predicted octanol–water partition coefficient (Wildman–Crippen LogP) is 1.80. The van der Waals surface area contributed by atoms with Crippen molar-refractivity contribution in [3.8, 4) is 0 Å². The summed E-state index contributed by atoms with van der Waals surface area (Å²) >= 11 is 4.07. The summed E-state index contributed by atoms with van der Waals surface area (Å²) in [5.74, 6) is -0.314. The number of hydrogen-bond acceptors (Lipinski definition) is 5. The van der Waals surface area contributed by atoms with Crippen molar-refractivity contribution < 1.29 is 14.5 Å². The van der Waals surface area contributed by atoms with Crippen molar-refractivity contribution in [2.75, 3.05) is 25.1 Å². The maximum Gasteiger partial charge on any atom is 0.324 e. The number of nitrogens with zero attached hydrogens (tertiary/aromatic N) is 1. The molecule has 0 radical (unpaired) electrons. The van der Waals surface area contributed by atoms with Crippen molar-refractivity contribution in [1.82, 2.24) is 5.32 Å². The number of rotatable bonds is 7. The SMILES string of the molecule is O=C(NCCOCCBr)c1ccc([N+](=O)[O-])s1. The van der Waals surface area contributed by atoms with Crippen LogP contribution in [-0.2, 0) is 4.74 Å². The zero-order valence-electron chi connectivity index (χ0n) is 8.85. The van der Waals surface area contributed by atoms with Gasteiger partial charge in [-0.15, -0.1) is 0 Å². The van der Waals surface area contributed by atoms with Gasteiger partial charge in [0, 0.05) is 17.9 Å². The highest BCUT2D eigenvalue weighted by molar-refractivity contribution is 9.09. The van der Waals surface area contributed by atoms with Crippen LogP contribution in [0.25, 0.3) is 0 Å². The fourth-order valence-electron chi connectivity index (χ4n) is 1.03. The first kappa shape index (κ1) is 14.1. The van der Waals surface area contributed by atoms with Gasteiger partial charge in [-0.05, 0) is 6.07 Å². The molecule has 0 spiro atoms. The molecule has 0 unspecified atom stereocenters. The number of carbonyl (C=O) groups excluding carboxylic acids is 1. The summed E-state index contributed by atoms with van der Waals surface area (Å²) < 4.78 is 5.15. The van der Waals surface area contributed by atoms with Crippen LogP contribution in [0, 0.1) is 10.1 Å². The highest BCUT2D eigenvalue weighted by Gasteiger charge is 2.14. The van der Waals surface area contributed by atoms with Crippen LogP contribution in [0.15, 0.2) is 12.1 Å². The van der Waals surface area contributed by atoms with Crippen molar-refractivity contribution in [3.63, 3.8) is 0 Å². The van der Waals surface area contributed by atoms with E-state index in [1.165, 1.54) is 12.1 Å². The van der Waals surface area contributed by atoms with Crippen LogP contribution in [0.2, 0.25) is 0 Å². The van der Waals surface area contributed by atoms with E-state index < -0.39 is 4.92 Å². The second kappa shape index (κ2) is 7.36. The third kappa shape index (κ3) is 4.80. The minimum atomic E-state index is -0.513. The Kier molecular flexibility index (Phi) is 6.09. The Morgan fingerprint density at radius 2 is 2.29 bits per heavy atom. The first-order chi connectivity index (χ1) is 8.15. The summed E-state index contributed by atoms with van der Waals surface area (Å²) in [6.07, 6.45) is 0. The molecule has 0 bridgehead atoms. The van der Waals surface area contributed by atoms with Gasteiger partial charge in [-0.2, -0.15) is 0 Å². The zero-order valence-corrected chi connectivity index (χ0v) is 11.3. The molecule has 8 heteroatoms. The van der Waals surface area contributed by atoms with Crippen LogP contribution in [0.4, 0.5) is 5.00 Å². The van der Waals surface area contributed by atoms with Gasteiger partial charge in [0.05, 0.1) is 23.0 Å². The van der Waals surface area contributed by atoms with Crippen molar-refractivity contribution in [2.45, 2.75) is 0 Å². The summed E-state index contributed by atoms with van der Waals surface area (Å²) in [6, 6.07) is 2.76. The fourth-order valence-corrected chi connectivity index (χ4v) is 1.99. The topological polar surface area (TPSA) is 81.5 Å². The minimum Gasteiger partial charge on any atom is -0.379 e. The number of carbonyl (C=O) groups is 1. The standard InChI is InChI=1S/C9H11BrN2O4S/c10-3-5-16-6-4-11-9(13)7-1-2-8(17-7)12(14)15/h1-2H,3-6H2,(H,11,13). The number of ether oxygens (including phenoxy) is 1. The number of nitro groups is 1. The van der Waals surface area contributed by atoms with Crippen LogP contribution in [-0.4, -0.2) is 35.9 Å². The first-order valence-electron chi connectivity index (χ1n) is 4.81. The number of nitrogens with one attached hydrogen (secondary N) is 1. The second-order valence-electron chi connectivity index (χ2n) is 2.95. The van der Waals surface area contributed by atoms with Crippen LogP contribution in [0.1, 0.15) is 9.67 Å². The lowest BCUT2D eigenvalue weighted by Gasteiger charge is -2.03. The molecule has 0 saturated heterocycles. The van der Waals surface area contributed by atoms with Crippen molar-refractivity contribution in [3.05, 3.63) is 27.1 Å². The van der Waals surface area contributed by atoms with Gasteiger partial charge in [-0.1, -0.05) is 27.3 Å². The first-order valence-corrected chi connectivity index (χ1v) is 6.75. The largest absolute Gasteiger partial charge is 0.379 e. The number of amides is 1. The molecular weight excluding hydrogens is 312 g/mol. The molecule has 1 N–H and O–H groups in total. The smallest absolute Gasteiger partial charge is 0.324 e. The Labute approximate surface area is 110 Å². The second-order valence-corrected chi connectivity index (χ2v) is 4.81. The maximum atomic E-state index is 11.5. The maximum absolute atomic E-state index is 11.5. The zero-order chi connectivity index (χ0) is 12.7. The van der Waals surface area contributed by atoms with Crippen LogP contribution in [0.5, 0.6) is 0 Å². The quantitative estimate of drug-likeness (QED) is 0.359. The Hall–Kier alpha value is -0.990. The molecular formula is C9H11BrN2O4S. The molecule has 0 aliphatic carbocycles. The molecule has 0 aliphatic heterocycles. The molecule has 6 nitrogen and oxygen atoms in total. The summed E-state index contributed by atoms with van der Waals surface area (Å²) in [5, 5.41) is 13.8. The van der Waals surface area contributed by atoms with Crippen molar-refractivity contribution in [1.29, 1.82) is 0 Å². The lowest BCUT2D eigenvalue weighted by Crippen LogP contribution is -2.26. The molecule has 0 aromatic carbocycles. The van der Waals surface area contributed by atoms with E-state index in [1.807, 2.05) is 0 Å². The van der Waals surface area contributed by atoms with E-state index in [-0.39, 0.29) is 10.9 Å². The van der Waals surface area contributed by atoms with Crippen LogP contribution < -0.4 is 5.32 Å². The van der Waals surface area contributed by atoms with Crippen molar-refractivity contribution in [2.24, 2.45) is 0 Å². The average Bonchev–Trinajstić information content (AvgIpc) is 2.78. The van der Waals surface area contributed by atoms with Gasteiger partial charge >= 0.3 is 5.00 Å². The van der Waals surface area contributed by atoms with Gasteiger partial charge < -0.3 is 10.1 Å². The minimum absolute atomic E-state index is 0.0364. The molecule has 1 aromatic rings. The summed E-state index contributed by atoms with van der Waals surface area (Å²) in [6.45, 7) is 1.39. The molecule has 94 valence electrons. The lowest BCUT2D eigenvalue weighted by atomic mass is 10.4. The molecule has 0 fully saturated rings. The van der Waals surface area contributed by atoms with Gasteiger partial charge in [0.2, 0.25) is 0 Å².